The summed E-state index contributed by atoms with van der Waals surface area (Å²) in [5.41, 5.74) is 0.390. The van der Waals surface area contributed by atoms with Crippen LogP contribution in [0.3, 0.4) is 0 Å². The molecular weight excluding hydrogens is 260 g/mol. The Kier molecular flexibility index (Phi) is 4.12. The van der Waals surface area contributed by atoms with Crippen LogP contribution in [0.1, 0.15) is 23.2 Å². The molecule has 0 aliphatic carbocycles. The Hall–Kier alpha value is -0.940. The maximum absolute atomic E-state index is 11.9. The zero-order chi connectivity index (χ0) is 12.3. The predicted octanol–water partition coefficient (Wildman–Crippen LogP) is 1.38. The zero-order valence-electron chi connectivity index (χ0n) is 9.19. The van der Waals surface area contributed by atoms with Gasteiger partial charge in [0.15, 0.2) is 0 Å². The van der Waals surface area contributed by atoms with Gasteiger partial charge in [-0.3, -0.25) is 9.00 Å². The molecule has 1 aromatic rings. The highest BCUT2D eigenvalue weighted by Crippen LogP contribution is 2.14. The van der Waals surface area contributed by atoms with Crippen LogP contribution in [0.25, 0.3) is 0 Å². The molecule has 17 heavy (non-hydrogen) atoms. The maximum atomic E-state index is 11.9. The van der Waals surface area contributed by atoms with Crippen LogP contribution in [-0.2, 0) is 10.8 Å². The van der Waals surface area contributed by atoms with E-state index in [2.05, 4.69) is 10.3 Å². The molecule has 1 amide bonds. The summed E-state index contributed by atoms with van der Waals surface area (Å²) in [4.78, 5) is 15.8. The number of hydrogen-bond donors (Lipinski definition) is 1. The predicted molar refractivity (Wildman–Crippen MR) is 67.6 cm³/mol. The molecule has 0 bridgehead atoms. The third-order valence-electron chi connectivity index (χ3n) is 2.73. The van der Waals surface area contributed by atoms with Crippen molar-refractivity contribution in [2.45, 2.75) is 18.9 Å². The summed E-state index contributed by atoms with van der Waals surface area (Å²) in [6.07, 6.45) is 3.06. The fourth-order valence-electron chi connectivity index (χ4n) is 1.76. The van der Waals surface area contributed by atoms with Gasteiger partial charge in [-0.25, -0.2) is 4.98 Å². The quantitative estimate of drug-likeness (QED) is 0.828. The lowest BCUT2D eigenvalue weighted by Gasteiger charge is -2.22. The molecule has 2 heterocycles. The van der Waals surface area contributed by atoms with Crippen LogP contribution in [-0.4, -0.2) is 32.6 Å². The van der Waals surface area contributed by atoms with Gasteiger partial charge in [-0.05, 0) is 25.0 Å². The number of nitrogens with zero attached hydrogens (tertiary/aromatic N) is 1. The Morgan fingerprint density at radius 1 is 1.47 bits per heavy atom. The van der Waals surface area contributed by atoms with Crippen LogP contribution < -0.4 is 5.32 Å². The average molecular weight is 273 g/mol. The van der Waals surface area contributed by atoms with Crippen LogP contribution in [0.2, 0.25) is 5.15 Å². The van der Waals surface area contributed by atoms with Crippen molar-refractivity contribution >= 4 is 28.3 Å². The fourth-order valence-corrected chi connectivity index (χ4v) is 3.26. The Morgan fingerprint density at radius 3 is 2.82 bits per heavy atom. The van der Waals surface area contributed by atoms with Crippen molar-refractivity contribution in [1.29, 1.82) is 0 Å². The molecule has 1 saturated heterocycles. The summed E-state index contributed by atoms with van der Waals surface area (Å²) in [5, 5.41) is 3.11. The lowest BCUT2D eigenvalue weighted by atomic mass is 10.1. The van der Waals surface area contributed by atoms with Crippen molar-refractivity contribution in [1.82, 2.24) is 10.3 Å². The molecule has 0 spiro atoms. The topological polar surface area (TPSA) is 59.1 Å². The van der Waals surface area contributed by atoms with E-state index in [1.54, 1.807) is 18.3 Å². The average Bonchev–Trinajstić information content (AvgIpc) is 2.32. The van der Waals surface area contributed by atoms with Crippen molar-refractivity contribution in [3.05, 3.63) is 29.0 Å². The lowest BCUT2D eigenvalue weighted by molar-refractivity contribution is 0.0934. The Morgan fingerprint density at radius 2 is 2.18 bits per heavy atom. The second-order valence-electron chi connectivity index (χ2n) is 3.94. The van der Waals surface area contributed by atoms with Crippen molar-refractivity contribution in [3.63, 3.8) is 0 Å². The molecule has 6 heteroatoms. The number of halogens is 1. The monoisotopic (exact) mass is 272 g/mol. The first-order valence-electron chi connectivity index (χ1n) is 5.43. The molecule has 0 radical (unpaired) electrons. The van der Waals surface area contributed by atoms with Gasteiger partial charge in [-0.1, -0.05) is 11.6 Å². The molecule has 4 nitrogen and oxygen atoms in total. The van der Waals surface area contributed by atoms with E-state index in [1.165, 1.54) is 0 Å². The highest BCUT2D eigenvalue weighted by Gasteiger charge is 2.21. The molecule has 0 aromatic carbocycles. The molecule has 0 unspecified atom stereocenters. The van der Waals surface area contributed by atoms with E-state index in [-0.39, 0.29) is 17.1 Å². The summed E-state index contributed by atoms with van der Waals surface area (Å²) < 4.78 is 11.2. The Balaban J connectivity index is 1.98. The van der Waals surface area contributed by atoms with Gasteiger partial charge in [0.1, 0.15) is 5.15 Å². The molecule has 0 saturated carbocycles. The highest BCUT2D eigenvalue weighted by atomic mass is 35.5. The first kappa shape index (κ1) is 12.5. The second-order valence-corrected chi connectivity index (χ2v) is 5.99. The molecule has 2 rings (SSSR count). The Bertz CT molecular complexity index is 443. The van der Waals surface area contributed by atoms with Gasteiger partial charge in [0.25, 0.3) is 5.91 Å². The summed E-state index contributed by atoms with van der Waals surface area (Å²) >= 11 is 5.84. The largest absolute Gasteiger partial charge is 0.349 e. The van der Waals surface area contributed by atoms with Crippen LogP contribution in [0, 0.1) is 0 Å². The number of pyridine rings is 1. The van der Waals surface area contributed by atoms with Gasteiger partial charge in [-0.15, -0.1) is 0 Å². The van der Waals surface area contributed by atoms with Gasteiger partial charge >= 0.3 is 0 Å². The molecule has 1 aliphatic heterocycles. The van der Waals surface area contributed by atoms with Crippen molar-refractivity contribution in [3.8, 4) is 0 Å². The minimum absolute atomic E-state index is 0.0940. The molecule has 1 N–H and O–H groups in total. The normalized spacial score (nSPS) is 24.3. The van der Waals surface area contributed by atoms with E-state index in [1.807, 2.05) is 0 Å². The smallest absolute Gasteiger partial charge is 0.254 e. The van der Waals surface area contributed by atoms with E-state index in [4.69, 9.17) is 11.6 Å². The van der Waals surface area contributed by atoms with Crippen molar-refractivity contribution < 1.29 is 9.00 Å². The van der Waals surface area contributed by atoms with Gasteiger partial charge in [0.05, 0.1) is 5.56 Å². The van der Waals surface area contributed by atoms with E-state index >= 15 is 0 Å². The second kappa shape index (κ2) is 5.60. The molecule has 0 atom stereocenters. The first-order chi connectivity index (χ1) is 8.16. The maximum Gasteiger partial charge on any atom is 0.254 e. The van der Waals surface area contributed by atoms with E-state index < -0.39 is 10.8 Å². The number of nitrogens with one attached hydrogen (secondary N) is 1. The van der Waals surface area contributed by atoms with E-state index in [0.717, 1.165) is 12.8 Å². The third kappa shape index (κ3) is 3.26. The number of rotatable bonds is 2. The summed E-state index contributed by atoms with van der Waals surface area (Å²) in [7, 11) is -0.714. The summed E-state index contributed by atoms with van der Waals surface area (Å²) in [5.74, 6) is 1.11. The van der Waals surface area contributed by atoms with Gasteiger partial charge in [0.2, 0.25) is 0 Å². The number of amides is 1. The van der Waals surface area contributed by atoms with Crippen LogP contribution in [0.4, 0.5) is 0 Å². The molecule has 1 fully saturated rings. The molecule has 92 valence electrons. The minimum Gasteiger partial charge on any atom is -0.349 e. The standard InChI is InChI=1S/C11H13ClN2O2S/c12-10-9(2-1-5-13-10)11(15)14-8-3-6-17(16)7-4-8/h1-2,5,8H,3-4,6-7H2,(H,14,15). The molecule has 1 aliphatic rings. The summed E-state index contributed by atoms with van der Waals surface area (Å²) in [6.45, 7) is 0. The van der Waals surface area contributed by atoms with E-state index in [9.17, 15) is 9.00 Å². The number of hydrogen-bond acceptors (Lipinski definition) is 3. The van der Waals surface area contributed by atoms with Gasteiger partial charge < -0.3 is 5.32 Å². The molecule has 1 aromatic heterocycles. The fraction of sp³-hybridized carbons (Fsp3) is 0.455. The third-order valence-corrected chi connectivity index (χ3v) is 4.41. The van der Waals surface area contributed by atoms with E-state index in [0.29, 0.717) is 17.1 Å². The number of carbonyl (C=O) groups excluding carboxylic acids is 1. The Labute approximate surface area is 107 Å². The molecular formula is C11H13ClN2O2S. The van der Waals surface area contributed by atoms with Gasteiger partial charge in [0, 0.05) is 34.5 Å². The SMILES string of the molecule is O=C(NC1CCS(=O)CC1)c1cccnc1Cl. The lowest BCUT2D eigenvalue weighted by Crippen LogP contribution is -2.39. The van der Waals surface area contributed by atoms with Crippen molar-refractivity contribution in [2.75, 3.05) is 11.5 Å². The number of aromatic nitrogens is 1. The minimum atomic E-state index is -0.714. The zero-order valence-corrected chi connectivity index (χ0v) is 10.8. The van der Waals surface area contributed by atoms with Crippen molar-refractivity contribution in [2.24, 2.45) is 0 Å². The highest BCUT2D eigenvalue weighted by molar-refractivity contribution is 7.85. The van der Waals surface area contributed by atoms with Crippen LogP contribution in [0.15, 0.2) is 18.3 Å². The summed E-state index contributed by atoms with van der Waals surface area (Å²) in [6, 6.07) is 3.42. The first-order valence-corrected chi connectivity index (χ1v) is 7.30. The van der Waals surface area contributed by atoms with Crippen LogP contribution in [0.5, 0.6) is 0 Å². The number of carbonyl (C=O) groups is 1. The van der Waals surface area contributed by atoms with Gasteiger partial charge in [-0.2, -0.15) is 0 Å². The van der Waals surface area contributed by atoms with Crippen LogP contribution >= 0.6 is 11.6 Å².